The topological polar surface area (TPSA) is 92.4 Å². The second-order valence-corrected chi connectivity index (χ2v) is 13.4. The van der Waals surface area contributed by atoms with Crippen LogP contribution >= 0.6 is 27.7 Å². The number of aromatic hydroxyl groups is 1. The Kier molecular flexibility index (Phi) is 8.85. The smallest absolute Gasteiger partial charge is 0.250 e. The second-order valence-electron chi connectivity index (χ2n) is 11.5. The summed E-state index contributed by atoms with van der Waals surface area (Å²) in [4.78, 5) is 12.7. The third-order valence-electron chi connectivity index (χ3n) is 6.23. The van der Waals surface area contributed by atoms with E-state index in [4.69, 9.17) is 0 Å². The molecule has 4 aromatic rings. The number of rotatable bonds is 7. The van der Waals surface area contributed by atoms with Crippen molar-refractivity contribution in [3.8, 4) is 22.8 Å². The van der Waals surface area contributed by atoms with Gasteiger partial charge in [0.05, 0.1) is 12.0 Å². The van der Waals surface area contributed by atoms with Crippen LogP contribution in [0, 0.1) is 0 Å². The Labute approximate surface area is 248 Å². The van der Waals surface area contributed by atoms with Crippen molar-refractivity contribution in [2.24, 2.45) is 5.10 Å². The van der Waals surface area contributed by atoms with Crippen LogP contribution in [-0.4, -0.2) is 37.7 Å². The molecule has 9 heteroatoms. The molecule has 0 bridgehead atoms. The maximum absolute atomic E-state index is 12.7. The summed E-state index contributed by atoms with van der Waals surface area (Å²) in [5.74, 6) is 0.845. The van der Waals surface area contributed by atoms with Gasteiger partial charge in [0.15, 0.2) is 11.0 Å². The predicted octanol–water partition coefficient (Wildman–Crippen LogP) is 7.24. The Hall–Kier alpha value is -3.43. The largest absolute Gasteiger partial charge is 0.507 e. The molecule has 0 radical (unpaired) electrons. The average Bonchev–Trinajstić information content (AvgIpc) is 3.32. The summed E-state index contributed by atoms with van der Waals surface area (Å²) in [6.45, 7) is 12.4. The van der Waals surface area contributed by atoms with Crippen LogP contribution < -0.4 is 5.43 Å². The SMILES string of the molecule is CC(C)(C)c1cc(/C=N\NC(=O)CSc2nnc(-c3ccc(Br)cc3)n2-c2ccccc2)cc(C(C)(C)C)c1O. The first-order chi connectivity index (χ1) is 18.8. The first-order valence-electron chi connectivity index (χ1n) is 12.9. The Morgan fingerprint density at radius 1 is 0.975 bits per heavy atom. The molecular weight excluding hydrogens is 586 g/mol. The van der Waals surface area contributed by atoms with Gasteiger partial charge in [0.2, 0.25) is 0 Å². The van der Waals surface area contributed by atoms with Gasteiger partial charge in [0.1, 0.15) is 5.75 Å². The molecule has 40 heavy (non-hydrogen) atoms. The Morgan fingerprint density at radius 3 is 2.15 bits per heavy atom. The molecule has 0 aliphatic heterocycles. The van der Waals surface area contributed by atoms with E-state index in [9.17, 15) is 9.90 Å². The molecule has 0 fully saturated rings. The number of phenols is 1. The van der Waals surface area contributed by atoms with Crippen LogP contribution in [0.15, 0.2) is 81.5 Å². The van der Waals surface area contributed by atoms with Crippen molar-refractivity contribution in [2.45, 2.75) is 57.5 Å². The van der Waals surface area contributed by atoms with Gasteiger partial charge in [-0.2, -0.15) is 5.10 Å². The molecule has 0 aliphatic carbocycles. The molecule has 4 rings (SSSR count). The number of thioether (sulfide) groups is 1. The number of benzene rings is 3. The standard InChI is InChI=1S/C31H34BrN5O2S/c1-30(2,3)24-16-20(17-25(27(24)39)31(4,5)6)18-33-34-26(38)19-40-29-36-35-28(21-12-14-22(32)15-13-21)37(29)23-10-8-7-9-11-23/h7-18,39H,19H2,1-6H3,(H,34,38)/b33-18-. The molecule has 0 saturated carbocycles. The number of halogens is 1. The van der Waals surface area contributed by atoms with Gasteiger partial charge in [0.25, 0.3) is 5.91 Å². The van der Waals surface area contributed by atoms with Crippen LogP contribution in [0.1, 0.15) is 58.2 Å². The fraction of sp³-hybridized carbons (Fsp3) is 0.290. The quantitative estimate of drug-likeness (QED) is 0.129. The summed E-state index contributed by atoms with van der Waals surface area (Å²) in [6.07, 6.45) is 1.62. The summed E-state index contributed by atoms with van der Waals surface area (Å²) in [7, 11) is 0. The molecular formula is C31H34BrN5O2S. The highest BCUT2D eigenvalue weighted by Gasteiger charge is 2.26. The van der Waals surface area contributed by atoms with E-state index in [1.807, 2.05) is 71.3 Å². The zero-order chi connectivity index (χ0) is 29.1. The van der Waals surface area contributed by atoms with Crippen LogP contribution in [-0.2, 0) is 15.6 Å². The first kappa shape index (κ1) is 29.6. The van der Waals surface area contributed by atoms with E-state index < -0.39 is 0 Å². The zero-order valence-corrected chi connectivity index (χ0v) is 26.0. The maximum Gasteiger partial charge on any atom is 0.250 e. The minimum atomic E-state index is -0.264. The molecule has 1 heterocycles. The number of carbonyl (C=O) groups is 1. The van der Waals surface area contributed by atoms with Gasteiger partial charge < -0.3 is 5.11 Å². The minimum Gasteiger partial charge on any atom is -0.507 e. The number of carbonyl (C=O) groups excluding carboxylic acids is 1. The maximum atomic E-state index is 12.7. The van der Waals surface area contributed by atoms with Crippen molar-refractivity contribution >= 4 is 39.8 Å². The van der Waals surface area contributed by atoms with Crippen molar-refractivity contribution in [2.75, 3.05) is 5.75 Å². The van der Waals surface area contributed by atoms with Crippen molar-refractivity contribution < 1.29 is 9.90 Å². The van der Waals surface area contributed by atoms with E-state index >= 15 is 0 Å². The number of hydrogen-bond donors (Lipinski definition) is 2. The average molecular weight is 621 g/mol. The lowest BCUT2D eigenvalue weighted by molar-refractivity contribution is -0.118. The number of hydrogen-bond acceptors (Lipinski definition) is 6. The van der Waals surface area contributed by atoms with Gasteiger partial charge in [-0.05, 0) is 52.8 Å². The molecule has 0 atom stereocenters. The van der Waals surface area contributed by atoms with Crippen LogP contribution in [0.25, 0.3) is 17.1 Å². The molecule has 2 N–H and O–H groups in total. The normalized spacial score (nSPS) is 12.2. The van der Waals surface area contributed by atoms with Gasteiger partial charge in [0, 0.05) is 26.9 Å². The lowest BCUT2D eigenvalue weighted by Gasteiger charge is -2.27. The third-order valence-corrected chi connectivity index (χ3v) is 7.69. The number of nitrogens with one attached hydrogen (secondary N) is 1. The summed E-state index contributed by atoms with van der Waals surface area (Å²) >= 11 is 4.77. The van der Waals surface area contributed by atoms with Gasteiger partial charge in [-0.3, -0.25) is 9.36 Å². The molecule has 0 saturated heterocycles. The molecule has 1 aromatic heterocycles. The van der Waals surface area contributed by atoms with Crippen molar-refractivity contribution in [1.82, 2.24) is 20.2 Å². The Balaban J connectivity index is 1.51. The van der Waals surface area contributed by atoms with Crippen molar-refractivity contribution in [1.29, 1.82) is 0 Å². The zero-order valence-electron chi connectivity index (χ0n) is 23.6. The molecule has 1 amide bonds. The Bertz CT molecular complexity index is 1480. The van der Waals surface area contributed by atoms with Crippen LogP contribution in [0.5, 0.6) is 5.75 Å². The monoisotopic (exact) mass is 619 g/mol. The van der Waals surface area contributed by atoms with Gasteiger partial charge in [-0.1, -0.05) is 99.6 Å². The molecule has 3 aromatic carbocycles. The summed E-state index contributed by atoms with van der Waals surface area (Å²) in [6, 6.07) is 21.5. The van der Waals surface area contributed by atoms with Crippen molar-refractivity contribution in [3.05, 3.63) is 87.9 Å². The highest BCUT2D eigenvalue weighted by Crippen LogP contribution is 2.39. The number of amides is 1. The fourth-order valence-electron chi connectivity index (χ4n) is 4.18. The third kappa shape index (κ3) is 7.01. The van der Waals surface area contributed by atoms with Crippen LogP contribution in [0.3, 0.4) is 0 Å². The van der Waals surface area contributed by atoms with E-state index in [1.54, 1.807) is 6.21 Å². The second kappa shape index (κ2) is 12.0. The molecule has 7 nitrogen and oxygen atoms in total. The fourth-order valence-corrected chi connectivity index (χ4v) is 5.18. The van der Waals surface area contributed by atoms with E-state index in [-0.39, 0.29) is 22.5 Å². The molecule has 0 aliphatic rings. The van der Waals surface area contributed by atoms with E-state index in [1.165, 1.54) is 11.8 Å². The van der Waals surface area contributed by atoms with Crippen LogP contribution in [0.2, 0.25) is 0 Å². The number of nitrogens with zero attached hydrogens (tertiary/aromatic N) is 4. The van der Waals surface area contributed by atoms with E-state index in [2.05, 4.69) is 78.2 Å². The van der Waals surface area contributed by atoms with Crippen molar-refractivity contribution in [3.63, 3.8) is 0 Å². The van der Waals surface area contributed by atoms with E-state index in [0.717, 1.165) is 32.4 Å². The van der Waals surface area contributed by atoms with Crippen LogP contribution in [0.4, 0.5) is 0 Å². The first-order valence-corrected chi connectivity index (χ1v) is 14.7. The highest BCUT2D eigenvalue weighted by molar-refractivity contribution is 9.10. The van der Waals surface area contributed by atoms with Gasteiger partial charge >= 0.3 is 0 Å². The number of aromatic nitrogens is 3. The van der Waals surface area contributed by atoms with E-state index in [0.29, 0.717) is 16.7 Å². The summed E-state index contributed by atoms with van der Waals surface area (Å²) in [5, 5.41) is 24.6. The number of para-hydroxylation sites is 1. The van der Waals surface area contributed by atoms with Gasteiger partial charge in [-0.15, -0.1) is 10.2 Å². The Morgan fingerprint density at radius 2 is 1.57 bits per heavy atom. The molecule has 0 spiro atoms. The van der Waals surface area contributed by atoms with Gasteiger partial charge in [-0.25, -0.2) is 5.43 Å². The minimum absolute atomic E-state index is 0.110. The summed E-state index contributed by atoms with van der Waals surface area (Å²) < 4.78 is 2.92. The highest BCUT2D eigenvalue weighted by atomic mass is 79.9. The number of hydrazone groups is 1. The lowest BCUT2D eigenvalue weighted by Crippen LogP contribution is -2.20. The summed E-state index contributed by atoms with van der Waals surface area (Å²) in [5.41, 5.74) is 6.42. The lowest BCUT2D eigenvalue weighted by atomic mass is 9.78. The predicted molar refractivity (Wildman–Crippen MR) is 166 cm³/mol. The number of phenolic OH excluding ortho intramolecular Hbond substituents is 1. The molecule has 0 unspecified atom stereocenters. The molecule has 208 valence electrons.